The Morgan fingerprint density at radius 2 is 2.16 bits per heavy atom. The molecule has 0 aromatic carbocycles. The Morgan fingerprint density at radius 3 is 2.95 bits per heavy atom. The quantitative estimate of drug-likeness (QED) is 0.534. The fraction of sp³-hybridized carbons (Fsp3) is 0.273. The second-order valence-corrected chi connectivity index (χ2v) is 6.92. The number of rotatable bonds is 4. The average molecular weight is 329 g/mol. The molecule has 0 radical (unpaired) electrons. The largest absolute Gasteiger partial charge is 0.221 e. The monoisotopic (exact) mass is 328 g/mol. The molecule has 8 heteroatoms. The predicted molar refractivity (Wildman–Crippen MR) is 81.3 cm³/mol. The smallest absolute Gasteiger partial charge is 0.170 e. The third-order valence-corrected chi connectivity index (χ3v) is 5.38. The molecule has 0 saturated heterocycles. The lowest BCUT2D eigenvalue weighted by Crippen LogP contribution is -1.92. The maximum Gasteiger partial charge on any atom is 0.170 e. The van der Waals surface area contributed by atoms with Gasteiger partial charge in [0, 0.05) is 11.8 Å². The molecule has 98 valence electrons. The van der Waals surface area contributed by atoms with Crippen LogP contribution < -0.4 is 0 Å². The number of nitrogens with zero attached hydrogens (tertiary/aromatic N) is 4. The third kappa shape index (κ3) is 2.89. The van der Waals surface area contributed by atoms with Gasteiger partial charge in [0.25, 0.3) is 0 Å². The van der Waals surface area contributed by atoms with Crippen LogP contribution in [0.15, 0.2) is 15.8 Å². The molecular formula is C11H9ClN4S3. The van der Waals surface area contributed by atoms with Gasteiger partial charge in [-0.3, -0.25) is 0 Å². The van der Waals surface area contributed by atoms with Gasteiger partial charge in [-0.1, -0.05) is 30.3 Å². The van der Waals surface area contributed by atoms with E-state index in [0.717, 1.165) is 32.6 Å². The van der Waals surface area contributed by atoms with E-state index in [-0.39, 0.29) is 0 Å². The highest BCUT2D eigenvalue weighted by molar-refractivity contribution is 8.00. The lowest BCUT2D eigenvalue weighted by atomic mass is 10.4. The molecule has 0 aliphatic carbocycles. The van der Waals surface area contributed by atoms with Crippen LogP contribution in [-0.2, 0) is 12.2 Å². The van der Waals surface area contributed by atoms with Crippen LogP contribution in [0.3, 0.4) is 0 Å². The van der Waals surface area contributed by atoms with Crippen LogP contribution in [0.25, 0.3) is 10.2 Å². The molecule has 3 aromatic heterocycles. The molecule has 0 aliphatic heterocycles. The van der Waals surface area contributed by atoms with Crippen LogP contribution in [0.1, 0.15) is 18.6 Å². The van der Waals surface area contributed by atoms with Crippen LogP contribution in [-0.4, -0.2) is 19.3 Å². The van der Waals surface area contributed by atoms with Crippen molar-refractivity contribution in [1.82, 2.24) is 19.3 Å². The van der Waals surface area contributed by atoms with Crippen molar-refractivity contribution < 1.29 is 0 Å². The highest BCUT2D eigenvalue weighted by atomic mass is 35.5. The van der Waals surface area contributed by atoms with Crippen molar-refractivity contribution in [1.29, 1.82) is 0 Å². The maximum absolute atomic E-state index is 6.13. The summed E-state index contributed by atoms with van der Waals surface area (Å²) in [4.78, 5) is 14.1. The lowest BCUT2D eigenvalue weighted by Gasteiger charge is -1.99. The summed E-state index contributed by atoms with van der Waals surface area (Å²) in [5.41, 5.74) is 0. The van der Waals surface area contributed by atoms with E-state index in [1.165, 1.54) is 11.5 Å². The number of hydrogen-bond donors (Lipinski definition) is 0. The molecule has 0 spiro atoms. The normalized spacial score (nSPS) is 11.3. The molecule has 0 bridgehead atoms. The minimum atomic E-state index is 0.522. The Kier molecular flexibility index (Phi) is 3.97. The van der Waals surface area contributed by atoms with Crippen molar-refractivity contribution in [3.05, 3.63) is 28.2 Å². The highest BCUT2D eigenvalue weighted by Crippen LogP contribution is 2.28. The zero-order chi connectivity index (χ0) is 13.2. The minimum absolute atomic E-state index is 0.522. The standard InChI is InChI=1S/C11H9ClN4S3/c1-2-7-15-11(19-16-7)18-5-8-13-9(12)6-3-4-17-10(6)14-8/h3-4H,2,5H2,1H3. The van der Waals surface area contributed by atoms with E-state index in [4.69, 9.17) is 11.6 Å². The van der Waals surface area contributed by atoms with Gasteiger partial charge in [0.05, 0.1) is 5.75 Å². The number of hydrogen-bond acceptors (Lipinski definition) is 7. The lowest BCUT2D eigenvalue weighted by molar-refractivity contribution is 0.970. The summed E-state index contributed by atoms with van der Waals surface area (Å²) in [6.45, 7) is 2.05. The Balaban J connectivity index is 1.77. The first-order chi connectivity index (χ1) is 9.26. The molecule has 0 aliphatic rings. The number of aromatic nitrogens is 4. The first-order valence-electron chi connectivity index (χ1n) is 5.61. The van der Waals surface area contributed by atoms with E-state index < -0.39 is 0 Å². The topological polar surface area (TPSA) is 51.6 Å². The summed E-state index contributed by atoms with van der Waals surface area (Å²) >= 11 is 10.7. The van der Waals surface area contributed by atoms with E-state index in [2.05, 4.69) is 19.3 Å². The first kappa shape index (κ1) is 13.2. The number of thioether (sulfide) groups is 1. The third-order valence-electron chi connectivity index (χ3n) is 2.42. The average Bonchev–Trinajstić information content (AvgIpc) is 3.05. The van der Waals surface area contributed by atoms with Crippen LogP contribution in [0.4, 0.5) is 0 Å². The van der Waals surface area contributed by atoms with Gasteiger partial charge in [-0.15, -0.1) is 11.3 Å². The summed E-state index contributed by atoms with van der Waals surface area (Å²) in [7, 11) is 0. The molecule has 0 amide bonds. The van der Waals surface area contributed by atoms with E-state index >= 15 is 0 Å². The Hall–Kier alpha value is -0.760. The van der Waals surface area contributed by atoms with E-state index in [1.54, 1.807) is 23.1 Å². The van der Waals surface area contributed by atoms with Gasteiger partial charge in [0.15, 0.2) is 4.34 Å². The molecule has 0 saturated carbocycles. The van der Waals surface area contributed by atoms with Crippen LogP contribution in [0, 0.1) is 0 Å². The van der Waals surface area contributed by atoms with Crippen molar-refractivity contribution in [3.63, 3.8) is 0 Å². The number of halogens is 1. The van der Waals surface area contributed by atoms with Gasteiger partial charge >= 0.3 is 0 Å². The van der Waals surface area contributed by atoms with Gasteiger partial charge in [-0.05, 0) is 23.0 Å². The minimum Gasteiger partial charge on any atom is -0.221 e. The van der Waals surface area contributed by atoms with Crippen molar-refractivity contribution in [2.45, 2.75) is 23.4 Å². The first-order valence-corrected chi connectivity index (χ1v) is 8.63. The number of thiophene rings is 1. The predicted octanol–water partition coefficient (Wildman–Crippen LogP) is 4.05. The van der Waals surface area contributed by atoms with Crippen molar-refractivity contribution in [2.75, 3.05) is 0 Å². The van der Waals surface area contributed by atoms with Crippen LogP contribution in [0.5, 0.6) is 0 Å². The van der Waals surface area contributed by atoms with Crippen LogP contribution in [0.2, 0.25) is 5.15 Å². The molecule has 0 fully saturated rings. The van der Waals surface area contributed by atoms with Crippen LogP contribution >= 0.6 is 46.2 Å². The fourth-order valence-corrected chi connectivity index (χ4v) is 4.13. The highest BCUT2D eigenvalue weighted by Gasteiger charge is 2.09. The SMILES string of the molecule is CCc1nsc(SCc2nc(Cl)c3ccsc3n2)n1. The summed E-state index contributed by atoms with van der Waals surface area (Å²) in [5.74, 6) is 2.28. The Morgan fingerprint density at radius 1 is 1.26 bits per heavy atom. The summed E-state index contributed by atoms with van der Waals surface area (Å²) in [6.07, 6.45) is 0.862. The molecule has 4 nitrogen and oxygen atoms in total. The molecule has 3 heterocycles. The Labute approximate surface area is 127 Å². The Bertz CT molecular complexity index is 709. The molecule has 0 unspecified atom stereocenters. The zero-order valence-corrected chi connectivity index (χ0v) is 13.2. The second-order valence-electron chi connectivity index (χ2n) is 3.69. The van der Waals surface area contributed by atoms with Gasteiger partial charge in [-0.25, -0.2) is 15.0 Å². The summed E-state index contributed by atoms with van der Waals surface area (Å²) in [5, 5.41) is 3.42. The van der Waals surface area contributed by atoms with Crippen molar-refractivity contribution in [2.24, 2.45) is 0 Å². The molecule has 0 atom stereocenters. The molecular weight excluding hydrogens is 320 g/mol. The summed E-state index contributed by atoms with van der Waals surface area (Å²) < 4.78 is 5.20. The molecule has 0 N–H and O–H groups in total. The van der Waals surface area contributed by atoms with Crippen molar-refractivity contribution in [3.8, 4) is 0 Å². The number of aryl methyl sites for hydroxylation is 1. The summed E-state index contributed by atoms with van der Waals surface area (Å²) in [6, 6.07) is 1.94. The van der Waals surface area contributed by atoms with E-state index in [9.17, 15) is 0 Å². The van der Waals surface area contributed by atoms with E-state index in [0.29, 0.717) is 10.9 Å². The molecule has 3 aromatic rings. The van der Waals surface area contributed by atoms with Gasteiger partial charge in [0.1, 0.15) is 21.6 Å². The van der Waals surface area contributed by atoms with E-state index in [1.807, 2.05) is 18.4 Å². The maximum atomic E-state index is 6.13. The molecule has 19 heavy (non-hydrogen) atoms. The van der Waals surface area contributed by atoms with Gasteiger partial charge in [0.2, 0.25) is 0 Å². The fourth-order valence-electron chi connectivity index (χ4n) is 1.49. The second kappa shape index (κ2) is 5.70. The van der Waals surface area contributed by atoms with Crippen molar-refractivity contribution >= 4 is 56.4 Å². The van der Waals surface area contributed by atoms with Gasteiger partial charge in [-0.2, -0.15) is 4.37 Å². The molecule has 3 rings (SSSR count). The number of fused-ring (bicyclic) bond motifs is 1. The zero-order valence-electron chi connectivity index (χ0n) is 9.96. The van der Waals surface area contributed by atoms with Gasteiger partial charge < -0.3 is 0 Å².